The largest absolute Gasteiger partial charge is 0.416 e. The zero-order valence-corrected chi connectivity index (χ0v) is 17.2. The van der Waals surface area contributed by atoms with Gasteiger partial charge in [0.1, 0.15) is 29.9 Å². The van der Waals surface area contributed by atoms with Crippen LogP contribution in [0, 0.1) is 11.6 Å². The Morgan fingerprint density at radius 3 is 2.45 bits per heavy atom. The molecular formula is C22H19F5N4O2. The second-order valence-corrected chi connectivity index (χ2v) is 7.32. The van der Waals surface area contributed by atoms with E-state index in [9.17, 15) is 31.9 Å². The fraction of sp³-hybridized carbons (Fsp3) is 0.227. The summed E-state index contributed by atoms with van der Waals surface area (Å²) < 4.78 is 67.1. The van der Waals surface area contributed by atoms with E-state index in [0.717, 1.165) is 30.3 Å². The van der Waals surface area contributed by atoms with Gasteiger partial charge in [-0.15, -0.1) is 0 Å². The Labute approximate surface area is 185 Å². The van der Waals surface area contributed by atoms with E-state index >= 15 is 0 Å². The second-order valence-electron chi connectivity index (χ2n) is 7.32. The molecule has 3 rings (SSSR count). The first-order valence-corrected chi connectivity index (χ1v) is 9.65. The third kappa shape index (κ3) is 5.80. The minimum Gasteiger partial charge on any atom is -0.381 e. The summed E-state index contributed by atoms with van der Waals surface area (Å²) in [5, 5.41) is 17.7. The number of carbonyl (C=O) groups is 1. The molecule has 2 aromatic carbocycles. The summed E-state index contributed by atoms with van der Waals surface area (Å²) in [7, 11) is 0. The van der Waals surface area contributed by atoms with Crippen molar-refractivity contribution in [2.75, 3.05) is 0 Å². The van der Waals surface area contributed by atoms with Crippen molar-refractivity contribution in [1.82, 2.24) is 20.1 Å². The van der Waals surface area contributed by atoms with E-state index in [1.807, 2.05) is 0 Å². The molecule has 0 saturated heterocycles. The Hall–Kier alpha value is -3.60. The van der Waals surface area contributed by atoms with Crippen molar-refractivity contribution >= 4 is 12.0 Å². The third-order valence-corrected chi connectivity index (χ3v) is 5.01. The summed E-state index contributed by atoms with van der Waals surface area (Å²) in [6, 6.07) is 5.73. The van der Waals surface area contributed by atoms with E-state index in [0.29, 0.717) is 11.6 Å². The number of halogens is 5. The molecule has 11 heteroatoms. The Balaban J connectivity index is 1.79. The monoisotopic (exact) mass is 466 g/mol. The maximum absolute atomic E-state index is 14.5. The van der Waals surface area contributed by atoms with Crippen LogP contribution in [0.25, 0.3) is 6.08 Å². The molecule has 3 aromatic rings. The van der Waals surface area contributed by atoms with Crippen LogP contribution in [-0.2, 0) is 23.1 Å². The lowest BCUT2D eigenvalue weighted by Gasteiger charge is -2.35. The van der Waals surface area contributed by atoms with Gasteiger partial charge in [0.05, 0.1) is 18.2 Å². The van der Waals surface area contributed by atoms with Crippen LogP contribution >= 0.6 is 0 Å². The zero-order valence-electron chi connectivity index (χ0n) is 17.2. The van der Waals surface area contributed by atoms with Crippen LogP contribution in [0.15, 0.2) is 61.2 Å². The molecule has 2 N–H and O–H groups in total. The number of rotatable bonds is 7. The molecule has 0 radical (unpaired) electrons. The number of alkyl halides is 3. The number of nitrogens with zero attached hydrogens (tertiary/aromatic N) is 3. The highest BCUT2D eigenvalue weighted by Crippen LogP contribution is 2.31. The zero-order chi connectivity index (χ0) is 24.2. The molecule has 1 heterocycles. The van der Waals surface area contributed by atoms with Gasteiger partial charge in [0.2, 0.25) is 5.91 Å². The van der Waals surface area contributed by atoms with E-state index in [1.54, 1.807) is 0 Å². The maximum Gasteiger partial charge on any atom is 0.416 e. The van der Waals surface area contributed by atoms with E-state index in [2.05, 4.69) is 15.4 Å². The molecule has 0 saturated carbocycles. The van der Waals surface area contributed by atoms with Crippen molar-refractivity contribution in [3.8, 4) is 0 Å². The topological polar surface area (TPSA) is 80.0 Å². The number of aromatic nitrogens is 3. The van der Waals surface area contributed by atoms with Crippen LogP contribution in [0.5, 0.6) is 0 Å². The molecule has 1 amide bonds. The number of carbonyl (C=O) groups excluding carboxylic acids is 1. The summed E-state index contributed by atoms with van der Waals surface area (Å²) in [5.74, 6) is -2.54. The molecule has 0 aliphatic rings. The summed E-state index contributed by atoms with van der Waals surface area (Å²) in [6.07, 6.45) is 0.370. The Morgan fingerprint density at radius 2 is 1.88 bits per heavy atom. The molecule has 2 atom stereocenters. The normalized spacial score (nSPS) is 14.8. The van der Waals surface area contributed by atoms with Gasteiger partial charge >= 0.3 is 6.18 Å². The molecule has 0 unspecified atom stereocenters. The Bertz CT molecular complexity index is 1130. The predicted molar refractivity (Wildman–Crippen MR) is 108 cm³/mol. The number of benzene rings is 2. The van der Waals surface area contributed by atoms with Crippen LogP contribution in [0.2, 0.25) is 0 Å². The SMILES string of the molecule is C[C@@H](NC(=O)/C=C/c1ccc(C(F)(F)F)cc1)[C@](O)(Cn1cncn1)c1ccc(F)cc1F. The molecule has 6 nitrogen and oxygen atoms in total. The van der Waals surface area contributed by atoms with Crippen molar-refractivity contribution in [3.63, 3.8) is 0 Å². The minimum absolute atomic E-state index is 0.265. The number of hydrogen-bond acceptors (Lipinski definition) is 4. The number of hydrogen-bond donors (Lipinski definition) is 2. The molecule has 0 bridgehead atoms. The quantitative estimate of drug-likeness (QED) is 0.411. The van der Waals surface area contributed by atoms with E-state index in [1.165, 1.54) is 42.5 Å². The predicted octanol–water partition coefficient (Wildman–Crippen LogP) is 3.68. The minimum atomic E-state index is -4.47. The summed E-state index contributed by atoms with van der Waals surface area (Å²) in [6.45, 7) is 1.11. The molecular weight excluding hydrogens is 447 g/mol. The lowest BCUT2D eigenvalue weighted by Crippen LogP contribution is -2.51. The first kappa shape index (κ1) is 24.1. The molecule has 174 valence electrons. The van der Waals surface area contributed by atoms with Gasteiger partial charge in [-0.1, -0.05) is 18.2 Å². The maximum atomic E-state index is 14.5. The van der Waals surface area contributed by atoms with Crippen LogP contribution in [0.3, 0.4) is 0 Å². The summed E-state index contributed by atoms with van der Waals surface area (Å²) >= 11 is 0. The standard InChI is InChI=1S/C22H19F5N4O2/c1-14(30-20(32)9-4-15-2-5-16(6-3-15)22(25,26)27)21(33,11-31-13-28-12-29-31)18-8-7-17(23)10-19(18)24/h2-10,12-14,33H,11H2,1H3,(H,30,32)/b9-4+/t14-,21-/m1/s1. The molecule has 33 heavy (non-hydrogen) atoms. The smallest absolute Gasteiger partial charge is 0.381 e. The molecule has 0 fully saturated rings. The van der Waals surface area contributed by atoms with Gasteiger partial charge in [0.15, 0.2) is 0 Å². The van der Waals surface area contributed by atoms with E-state index in [4.69, 9.17) is 0 Å². The molecule has 0 spiro atoms. The summed E-state index contributed by atoms with van der Waals surface area (Å²) in [4.78, 5) is 16.2. The van der Waals surface area contributed by atoms with Gasteiger partial charge < -0.3 is 10.4 Å². The van der Waals surface area contributed by atoms with Gasteiger partial charge in [-0.25, -0.2) is 18.4 Å². The van der Waals surface area contributed by atoms with E-state index < -0.39 is 40.9 Å². The van der Waals surface area contributed by atoms with Crippen molar-refractivity contribution in [1.29, 1.82) is 0 Å². The van der Waals surface area contributed by atoms with E-state index in [-0.39, 0.29) is 12.1 Å². The van der Waals surface area contributed by atoms with Gasteiger partial charge in [0, 0.05) is 17.7 Å². The first-order valence-electron chi connectivity index (χ1n) is 9.65. The molecule has 0 aliphatic heterocycles. The lowest BCUT2D eigenvalue weighted by atomic mass is 9.86. The molecule has 0 aliphatic carbocycles. The number of aliphatic hydroxyl groups is 1. The van der Waals surface area contributed by atoms with Crippen LogP contribution in [-0.4, -0.2) is 31.8 Å². The fourth-order valence-electron chi connectivity index (χ4n) is 3.19. The van der Waals surface area contributed by atoms with Crippen molar-refractivity contribution in [2.24, 2.45) is 0 Å². The van der Waals surface area contributed by atoms with Crippen molar-refractivity contribution in [3.05, 3.63) is 89.5 Å². The van der Waals surface area contributed by atoms with Gasteiger partial charge in [-0.2, -0.15) is 18.3 Å². The highest BCUT2D eigenvalue weighted by Gasteiger charge is 2.40. The van der Waals surface area contributed by atoms with Crippen molar-refractivity contribution in [2.45, 2.75) is 31.3 Å². The Kier molecular flexibility index (Phi) is 6.92. The lowest BCUT2D eigenvalue weighted by molar-refractivity contribution is -0.137. The Morgan fingerprint density at radius 1 is 1.18 bits per heavy atom. The van der Waals surface area contributed by atoms with Crippen LogP contribution in [0.4, 0.5) is 22.0 Å². The second kappa shape index (κ2) is 9.49. The van der Waals surface area contributed by atoms with Gasteiger partial charge in [-0.3, -0.25) is 4.79 Å². The number of nitrogens with one attached hydrogen (secondary N) is 1. The average molecular weight is 466 g/mol. The van der Waals surface area contributed by atoms with Crippen LogP contribution in [0.1, 0.15) is 23.6 Å². The van der Waals surface area contributed by atoms with Crippen LogP contribution < -0.4 is 5.32 Å². The first-order chi connectivity index (χ1) is 15.5. The van der Waals surface area contributed by atoms with Gasteiger partial charge in [0.25, 0.3) is 0 Å². The summed E-state index contributed by atoms with van der Waals surface area (Å²) in [5.41, 5.74) is -2.78. The van der Waals surface area contributed by atoms with Crippen molar-refractivity contribution < 1.29 is 31.9 Å². The number of amides is 1. The highest BCUT2D eigenvalue weighted by atomic mass is 19.4. The average Bonchev–Trinajstić information content (AvgIpc) is 3.24. The molecule has 1 aromatic heterocycles. The fourth-order valence-corrected chi connectivity index (χ4v) is 3.19. The third-order valence-electron chi connectivity index (χ3n) is 5.01. The highest BCUT2D eigenvalue weighted by molar-refractivity contribution is 5.92. The van der Waals surface area contributed by atoms with Gasteiger partial charge in [-0.05, 0) is 36.8 Å².